The zero-order chi connectivity index (χ0) is 12.1. The highest BCUT2D eigenvalue weighted by Crippen LogP contribution is 2.20. The Bertz CT molecular complexity index is 233. The van der Waals surface area contributed by atoms with E-state index in [9.17, 15) is 4.79 Å². The van der Waals surface area contributed by atoms with Crippen LogP contribution < -0.4 is 5.73 Å². The van der Waals surface area contributed by atoms with Gasteiger partial charge in [0, 0.05) is 26.6 Å². The highest BCUT2D eigenvalue weighted by atomic mass is 16.5. The first-order chi connectivity index (χ1) is 7.58. The van der Waals surface area contributed by atoms with Crippen LogP contribution in [0.1, 0.15) is 26.7 Å². The van der Waals surface area contributed by atoms with E-state index in [4.69, 9.17) is 10.5 Å². The second-order valence-electron chi connectivity index (χ2n) is 4.92. The molecule has 2 N–H and O–H groups in total. The van der Waals surface area contributed by atoms with E-state index in [-0.39, 0.29) is 17.9 Å². The Morgan fingerprint density at radius 2 is 2.31 bits per heavy atom. The maximum Gasteiger partial charge on any atom is 0.222 e. The topological polar surface area (TPSA) is 55.6 Å². The number of ether oxygens (including phenoxy) is 1. The van der Waals surface area contributed by atoms with E-state index in [1.165, 1.54) is 0 Å². The normalized spacial score (nSPS) is 27.9. The van der Waals surface area contributed by atoms with Crippen molar-refractivity contribution in [2.45, 2.75) is 32.8 Å². The molecule has 4 nitrogen and oxygen atoms in total. The predicted octanol–water partition coefficient (Wildman–Crippen LogP) is 0.855. The maximum absolute atomic E-state index is 12.0. The highest BCUT2D eigenvalue weighted by Gasteiger charge is 2.28. The van der Waals surface area contributed by atoms with Crippen LogP contribution in [0.2, 0.25) is 0 Å². The minimum atomic E-state index is 0.186. The molecule has 3 atom stereocenters. The lowest BCUT2D eigenvalue weighted by Crippen LogP contribution is -2.47. The van der Waals surface area contributed by atoms with E-state index in [2.05, 4.69) is 6.92 Å². The molecule has 1 heterocycles. The monoisotopic (exact) mass is 228 g/mol. The van der Waals surface area contributed by atoms with E-state index >= 15 is 0 Å². The first-order valence-electron chi connectivity index (χ1n) is 6.09. The van der Waals surface area contributed by atoms with Crippen molar-refractivity contribution < 1.29 is 9.53 Å². The number of nitrogens with zero attached hydrogens (tertiary/aromatic N) is 1. The van der Waals surface area contributed by atoms with Gasteiger partial charge in [-0.2, -0.15) is 0 Å². The Kier molecular flexibility index (Phi) is 5.22. The predicted molar refractivity (Wildman–Crippen MR) is 64.0 cm³/mol. The number of hydrogen-bond acceptors (Lipinski definition) is 3. The molecule has 4 heteroatoms. The van der Waals surface area contributed by atoms with Crippen LogP contribution in [0.3, 0.4) is 0 Å². The number of piperidine rings is 1. The van der Waals surface area contributed by atoms with Crippen molar-refractivity contribution in [3.05, 3.63) is 0 Å². The number of carbonyl (C=O) groups excluding carboxylic acids is 1. The number of hydrogen-bond donors (Lipinski definition) is 1. The van der Waals surface area contributed by atoms with Gasteiger partial charge >= 0.3 is 0 Å². The third-order valence-electron chi connectivity index (χ3n) is 3.47. The Labute approximate surface area is 98.1 Å². The van der Waals surface area contributed by atoms with Crippen LogP contribution in [0, 0.1) is 11.8 Å². The largest absolute Gasteiger partial charge is 0.379 e. The van der Waals surface area contributed by atoms with Gasteiger partial charge < -0.3 is 15.4 Å². The summed E-state index contributed by atoms with van der Waals surface area (Å²) in [5.41, 5.74) is 5.53. The molecule has 0 aromatic carbocycles. The van der Waals surface area contributed by atoms with Crippen molar-refractivity contribution in [2.24, 2.45) is 17.6 Å². The molecule has 3 unspecified atom stereocenters. The fraction of sp³-hybridized carbons (Fsp3) is 0.917. The van der Waals surface area contributed by atoms with Gasteiger partial charge in [-0.1, -0.05) is 13.8 Å². The molecule has 0 aliphatic carbocycles. The van der Waals surface area contributed by atoms with Crippen molar-refractivity contribution in [1.29, 1.82) is 0 Å². The van der Waals surface area contributed by atoms with Crippen molar-refractivity contribution in [1.82, 2.24) is 4.90 Å². The van der Waals surface area contributed by atoms with Gasteiger partial charge in [0.1, 0.15) is 0 Å². The lowest BCUT2D eigenvalue weighted by Gasteiger charge is -2.36. The third-order valence-corrected chi connectivity index (χ3v) is 3.47. The summed E-state index contributed by atoms with van der Waals surface area (Å²) in [5.74, 6) is 1.03. The van der Waals surface area contributed by atoms with Crippen LogP contribution in [-0.2, 0) is 9.53 Å². The Balaban J connectivity index is 2.45. The van der Waals surface area contributed by atoms with Crippen LogP contribution >= 0.6 is 0 Å². The molecular weight excluding hydrogens is 204 g/mol. The summed E-state index contributed by atoms with van der Waals surface area (Å²) in [6.45, 7) is 6.35. The number of methoxy groups -OCH3 is 1. The second kappa shape index (κ2) is 6.21. The van der Waals surface area contributed by atoms with E-state index < -0.39 is 0 Å². The molecule has 1 rings (SSSR count). The SMILES string of the molecule is COC1CN(C(=O)CC(C)CN)CCC1C. The van der Waals surface area contributed by atoms with Crippen molar-refractivity contribution in [3.63, 3.8) is 0 Å². The van der Waals surface area contributed by atoms with Gasteiger partial charge in [-0.15, -0.1) is 0 Å². The van der Waals surface area contributed by atoms with Crippen LogP contribution in [0.15, 0.2) is 0 Å². The summed E-state index contributed by atoms with van der Waals surface area (Å²) in [4.78, 5) is 13.9. The zero-order valence-electron chi connectivity index (χ0n) is 10.6. The van der Waals surface area contributed by atoms with Crippen molar-refractivity contribution in [2.75, 3.05) is 26.7 Å². The molecule has 1 amide bonds. The summed E-state index contributed by atoms with van der Waals surface area (Å²) >= 11 is 0. The van der Waals surface area contributed by atoms with Crippen molar-refractivity contribution >= 4 is 5.91 Å². The van der Waals surface area contributed by atoms with Gasteiger partial charge in [0.05, 0.1) is 6.10 Å². The highest BCUT2D eigenvalue weighted by molar-refractivity contribution is 5.76. The minimum Gasteiger partial charge on any atom is -0.379 e. The first-order valence-corrected chi connectivity index (χ1v) is 6.09. The molecule has 16 heavy (non-hydrogen) atoms. The molecule has 94 valence electrons. The summed E-state index contributed by atoms with van der Waals surface area (Å²) in [6, 6.07) is 0. The average Bonchev–Trinajstić information content (AvgIpc) is 2.29. The zero-order valence-corrected chi connectivity index (χ0v) is 10.6. The number of nitrogens with two attached hydrogens (primary N) is 1. The third kappa shape index (κ3) is 3.46. The minimum absolute atomic E-state index is 0.186. The summed E-state index contributed by atoms with van der Waals surface area (Å²) < 4.78 is 5.40. The molecule has 1 fully saturated rings. The lowest BCUT2D eigenvalue weighted by atomic mass is 9.95. The van der Waals surface area contributed by atoms with E-state index in [0.29, 0.717) is 18.9 Å². The van der Waals surface area contributed by atoms with Gasteiger partial charge in [0.15, 0.2) is 0 Å². The molecular formula is C12H24N2O2. The molecule has 1 saturated heterocycles. The quantitative estimate of drug-likeness (QED) is 0.776. The summed E-state index contributed by atoms with van der Waals surface area (Å²) in [7, 11) is 1.72. The fourth-order valence-corrected chi connectivity index (χ4v) is 2.08. The lowest BCUT2D eigenvalue weighted by molar-refractivity contribution is -0.137. The molecule has 0 aromatic rings. The molecule has 0 bridgehead atoms. The second-order valence-corrected chi connectivity index (χ2v) is 4.92. The number of likely N-dealkylation sites (tertiary alicyclic amines) is 1. The first kappa shape index (κ1) is 13.5. The summed E-state index contributed by atoms with van der Waals surface area (Å²) in [5, 5.41) is 0. The molecule has 0 aromatic heterocycles. The van der Waals surface area contributed by atoms with Crippen LogP contribution in [0.25, 0.3) is 0 Å². The van der Waals surface area contributed by atoms with Gasteiger partial charge in [0.2, 0.25) is 5.91 Å². The Hall–Kier alpha value is -0.610. The van der Waals surface area contributed by atoms with E-state index in [1.807, 2.05) is 11.8 Å². The van der Waals surface area contributed by atoms with E-state index in [0.717, 1.165) is 19.5 Å². The van der Waals surface area contributed by atoms with Gasteiger partial charge in [0.25, 0.3) is 0 Å². The fourth-order valence-electron chi connectivity index (χ4n) is 2.08. The Morgan fingerprint density at radius 3 is 2.88 bits per heavy atom. The number of amides is 1. The Morgan fingerprint density at radius 1 is 1.62 bits per heavy atom. The van der Waals surface area contributed by atoms with Gasteiger partial charge in [-0.3, -0.25) is 4.79 Å². The number of rotatable bonds is 4. The molecule has 0 saturated carbocycles. The van der Waals surface area contributed by atoms with E-state index in [1.54, 1.807) is 7.11 Å². The van der Waals surface area contributed by atoms with Gasteiger partial charge in [-0.25, -0.2) is 0 Å². The van der Waals surface area contributed by atoms with Crippen molar-refractivity contribution in [3.8, 4) is 0 Å². The van der Waals surface area contributed by atoms with Crippen LogP contribution in [-0.4, -0.2) is 43.7 Å². The maximum atomic E-state index is 12.0. The molecule has 0 radical (unpaired) electrons. The molecule has 1 aliphatic rings. The van der Waals surface area contributed by atoms with Crippen LogP contribution in [0.4, 0.5) is 0 Å². The number of carbonyl (C=O) groups is 1. The molecule has 1 aliphatic heterocycles. The average molecular weight is 228 g/mol. The van der Waals surface area contributed by atoms with Gasteiger partial charge in [-0.05, 0) is 24.8 Å². The smallest absolute Gasteiger partial charge is 0.222 e. The summed E-state index contributed by atoms with van der Waals surface area (Å²) in [6.07, 6.45) is 1.77. The molecule has 0 spiro atoms. The van der Waals surface area contributed by atoms with Crippen LogP contribution in [0.5, 0.6) is 0 Å². The standard InChI is InChI=1S/C12H24N2O2/c1-9(7-13)6-12(15)14-5-4-10(2)11(8-14)16-3/h9-11H,4-8,13H2,1-3H3.